The molecule has 1 atom stereocenters. The van der Waals surface area contributed by atoms with Crippen molar-refractivity contribution in [3.63, 3.8) is 0 Å². The van der Waals surface area contributed by atoms with Crippen LogP contribution in [-0.2, 0) is 16.0 Å². The Balaban J connectivity index is 1.53. The fourth-order valence-corrected chi connectivity index (χ4v) is 3.54. The summed E-state index contributed by atoms with van der Waals surface area (Å²) >= 11 is 0. The van der Waals surface area contributed by atoms with Crippen LogP contribution in [0.5, 0.6) is 0 Å². The van der Waals surface area contributed by atoms with Crippen molar-refractivity contribution in [1.82, 2.24) is 0 Å². The second-order valence-electron chi connectivity index (χ2n) is 6.91. The zero-order valence-corrected chi connectivity index (χ0v) is 14.8. The van der Waals surface area contributed by atoms with Crippen molar-refractivity contribution in [3.05, 3.63) is 59.2 Å². The molecule has 134 valence electrons. The molecule has 0 spiro atoms. The summed E-state index contributed by atoms with van der Waals surface area (Å²) in [5.74, 6) is -0.122. The maximum atomic E-state index is 12.7. The summed E-state index contributed by atoms with van der Waals surface area (Å²) in [4.78, 5) is 26.9. The molecule has 0 saturated carbocycles. The number of anilines is 2. The first-order chi connectivity index (χ1) is 12.6. The summed E-state index contributed by atoms with van der Waals surface area (Å²) < 4.78 is 5.54. The number of amides is 2. The smallest absolute Gasteiger partial charge is 0.256 e. The molecule has 2 aliphatic rings. The van der Waals surface area contributed by atoms with Gasteiger partial charge >= 0.3 is 0 Å². The second kappa shape index (κ2) is 6.92. The fourth-order valence-electron chi connectivity index (χ4n) is 3.54. The Morgan fingerprint density at radius 2 is 1.96 bits per heavy atom. The first-order valence-electron chi connectivity index (χ1n) is 9.06. The van der Waals surface area contributed by atoms with E-state index in [0.717, 1.165) is 36.1 Å². The Kier molecular flexibility index (Phi) is 4.47. The molecule has 2 aromatic rings. The molecule has 5 nitrogen and oxygen atoms in total. The largest absolute Gasteiger partial charge is 0.368 e. The molecule has 1 saturated heterocycles. The van der Waals surface area contributed by atoms with Crippen molar-refractivity contribution in [3.8, 4) is 0 Å². The molecule has 5 heteroatoms. The van der Waals surface area contributed by atoms with Gasteiger partial charge in [-0.15, -0.1) is 0 Å². The van der Waals surface area contributed by atoms with Gasteiger partial charge in [-0.1, -0.05) is 23.8 Å². The van der Waals surface area contributed by atoms with Gasteiger partial charge in [0, 0.05) is 30.1 Å². The van der Waals surface area contributed by atoms with E-state index < -0.39 is 0 Å². The number of nitrogens with zero attached hydrogens (tertiary/aromatic N) is 1. The summed E-state index contributed by atoms with van der Waals surface area (Å²) in [7, 11) is 0. The molecule has 2 aromatic carbocycles. The van der Waals surface area contributed by atoms with Gasteiger partial charge in [0.2, 0.25) is 0 Å². The van der Waals surface area contributed by atoms with Gasteiger partial charge in [-0.25, -0.2) is 0 Å². The maximum absolute atomic E-state index is 12.7. The van der Waals surface area contributed by atoms with Crippen molar-refractivity contribution in [1.29, 1.82) is 0 Å². The molecule has 2 aliphatic heterocycles. The van der Waals surface area contributed by atoms with Crippen molar-refractivity contribution in [2.75, 3.05) is 23.4 Å². The monoisotopic (exact) mass is 350 g/mol. The molecule has 0 aromatic heterocycles. The summed E-state index contributed by atoms with van der Waals surface area (Å²) in [6, 6.07) is 13.2. The van der Waals surface area contributed by atoms with Gasteiger partial charge in [0.05, 0.1) is 0 Å². The lowest BCUT2D eigenvalue weighted by atomic mass is 10.1. The van der Waals surface area contributed by atoms with E-state index >= 15 is 0 Å². The second-order valence-corrected chi connectivity index (χ2v) is 6.91. The van der Waals surface area contributed by atoms with Crippen molar-refractivity contribution in [2.24, 2.45) is 0 Å². The van der Waals surface area contributed by atoms with E-state index in [1.54, 1.807) is 4.90 Å². The minimum absolute atomic E-state index is 0.0308. The third kappa shape index (κ3) is 3.22. The normalized spacial score (nSPS) is 18.7. The van der Waals surface area contributed by atoms with Crippen LogP contribution in [0.4, 0.5) is 11.4 Å². The zero-order valence-electron chi connectivity index (χ0n) is 14.8. The third-order valence-corrected chi connectivity index (χ3v) is 5.02. The van der Waals surface area contributed by atoms with E-state index in [1.165, 1.54) is 0 Å². The fraction of sp³-hybridized carbons (Fsp3) is 0.333. The minimum Gasteiger partial charge on any atom is -0.368 e. The maximum Gasteiger partial charge on any atom is 0.256 e. The minimum atomic E-state index is -0.327. The molecular weight excluding hydrogens is 328 g/mol. The Hall–Kier alpha value is -2.66. The van der Waals surface area contributed by atoms with E-state index in [-0.39, 0.29) is 17.9 Å². The molecular formula is C21H22N2O3. The zero-order chi connectivity index (χ0) is 18.1. The molecule has 0 bridgehead atoms. The van der Waals surface area contributed by atoms with Crippen molar-refractivity contribution < 1.29 is 14.3 Å². The number of ether oxygens (including phenoxy) is 1. The molecule has 26 heavy (non-hydrogen) atoms. The number of nitrogens with one attached hydrogen (secondary N) is 1. The number of fused-ring (bicyclic) bond motifs is 1. The van der Waals surface area contributed by atoms with E-state index in [9.17, 15) is 9.59 Å². The average molecular weight is 350 g/mol. The van der Waals surface area contributed by atoms with Crippen LogP contribution in [0.2, 0.25) is 0 Å². The predicted molar refractivity (Wildman–Crippen MR) is 101 cm³/mol. The van der Waals surface area contributed by atoms with Gasteiger partial charge in [0.1, 0.15) is 6.10 Å². The van der Waals surface area contributed by atoms with Gasteiger partial charge in [0.25, 0.3) is 11.8 Å². The predicted octanol–water partition coefficient (Wildman–Crippen LogP) is 3.32. The topological polar surface area (TPSA) is 58.6 Å². The van der Waals surface area contributed by atoms with Crippen LogP contribution in [0.15, 0.2) is 42.5 Å². The lowest BCUT2D eigenvalue weighted by Gasteiger charge is -2.21. The van der Waals surface area contributed by atoms with Crippen LogP contribution in [0, 0.1) is 6.92 Å². The lowest BCUT2D eigenvalue weighted by Crippen LogP contribution is -2.37. The molecule has 4 rings (SSSR count). The highest BCUT2D eigenvalue weighted by Gasteiger charge is 2.32. The number of benzene rings is 2. The standard InChI is InChI=1S/C21H22N2O3/c1-14-4-6-16(7-5-14)20(24)22-17-9-8-15-10-11-23(18(15)13-17)21(25)19-3-2-12-26-19/h4-9,13,19H,2-3,10-12H2,1H3,(H,22,24). The lowest BCUT2D eigenvalue weighted by molar-refractivity contribution is -0.127. The number of carbonyl (C=O) groups excluding carboxylic acids is 2. The molecule has 0 radical (unpaired) electrons. The quantitative estimate of drug-likeness (QED) is 0.924. The van der Waals surface area contributed by atoms with Crippen molar-refractivity contribution >= 4 is 23.2 Å². The summed E-state index contributed by atoms with van der Waals surface area (Å²) in [6.07, 6.45) is 2.23. The first-order valence-corrected chi connectivity index (χ1v) is 9.06. The summed E-state index contributed by atoms with van der Waals surface area (Å²) in [5.41, 5.74) is 4.43. The number of hydrogen-bond acceptors (Lipinski definition) is 3. The van der Waals surface area contributed by atoms with Crippen LogP contribution in [0.1, 0.15) is 34.3 Å². The summed E-state index contributed by atoms with van der Waals surface area (Å²) in [6.45, 7) is 3.31. The van der Waals surface area contributed by atoms with Crippen LogP contribution >= 0.6 is 0 Å². The van der Waals surface area contributed by atoms with Gasteiger partial charge in [0.15, 0.2) is 0 Å². The number of rotatable bonds is 3. The molecule has 1 unspecified atom stereocenters. The van der Waals surface area contributed by atoms with Gasteiger partial charge in [-0.2, -0.15) is 0 Å². The highest BCUT2D eigenvalue weighted by Crippen LogP contribution is 2.32. The van der Waals surface area contributed by atoms with Gasteiger partial charge < -0.3 is 15.0 Å². The highest BCUT2D eigenvalue weighted by atomic mass is 16.5. The SMILES string of the molecule is Cc1ccc(C(=O)Nc2ccc3c(c2)N(C(=O)C2CCCO2)CC3)cc1. The number of carbonyl (C=O) groups is 2. The molecule has 2 amide bonds. The number of hydrogen-bond donors (Lipinski definition) is 1. The van der Waals surface area contributed by atoms with E-state index in [2.05, 4.69) is 5.32 Å². The van der Waals surface area contributed by atoms with Crippen LogP contribution in [-0.4, -0.2) is 31.1 Å². The van der Waals surface area contributed by atoms with E-state index in [1.807, 2.05) is 49.4 Å². The third-order valence-electron chi connectivity index (χ3n) is 5.02. The Bertz CT molecular complexity index is 839. The van der Waals surface area contributed by atoms with Crippen LogP contribution in [0.3, 0.4) is 0 Å². The van der Waals surface area contributed by atoms with Crippen LogP contribution < -0.4 is 10.2 Å². The Labute approximate surface area is 153 Å². The number of aryl methyl sites for hydroxylation is 1. The molecule has 1 fully saturated rings. The summed E-state index contributed by atoms with van der Waals surface area (Å²) in [5, 5.41) is 2.93. The molecule has 1 N–H and O–H groups in total. The Morgan fingerprint density at radius 3 is 2.69 bits per heavy atom. The first kappa shape index (κ1) is 16.8. The average Bonchev–Trinajstić information content (AvgIpc) is 3.31. The van der Waals surface area contributed by atoms with E-state index in [0.29, 0.717) is 24.4 Å². The van der Waals surface area contributed by atoms with Crippen molar-refractivity contribution in [2.45, 2.75) is 32.3 Å². The molecule has 2 heterocycles. The molecule has 0 aliphatic carbocycles. The van der Waals surface area contributed by atoms with Crippen LogP contribution in [0.25, 0.3) is 0 Å². The highest BCUT2D eigenvalue weighted by molar-refractivity contribution is 6.05. The van der Waals surface area contributed by atoms with E-state index in [4.69, 9.17) is 4.74 Å². The Morgan fingerprint density at radius 1 is 1.15 bits per heavy atom. The van der Waals surface area contributed by atoms with Gasteiger partial charge in [-0.05, 0) is 56.0 Å². The van der Waals surface area contributed by atoms with Gasteiger partial charge in [-0.3, -0.25) is 9.59 Å².